The predicted octanol–water partition coefficient (Wildman–Crippen LogP) is 1.90. The first-order chi connectivity index (χ1) is 10.8. The zero-order valence-electron chi connectivity index (χ0n) is 12.6. The highest BCUT2D eigenvalue weighted by molar-refractivity contribution is 5.90. The van der Waals surface area contributed by atoms with Crippen molar-refractivity contribution in [2.24, 2.45) is 0 Å². The Kier molecular flexibility index (Phi) is 4.80. The van der Waals surface area contributed by atoms with Crippen LogP contribution in [0.25, 0.3) is 0 Å². The Labute approximate surface area is 130 Å². The summed E-state index contributed by atoms with van der Waals surface area (Å²) in [6.45, 7) is 3.90. The number of rotatable bonds is 6. The van der Waals surface area contributed by atoms with Gasteiger partial charge in [0.1, 0.15) is 12.7 Å². The fourth-order valence-electron chi connectivity index (χ4n) is 2.74. The highest BCUT2D eigenvalue weighted by Gasteiger charge is 2.12. The molecule has 1 amide bonds. The summed E-state index contributed by atoms with van der Waals surface area (Å²) in [6.07, 6.45) is 6.22. The number of carbonyl (C=O) groups excluding carboxylic acids is 1. The first-order valence-electron chi connectivity index (χ1n) is 7.73. The molecule has 1 aliphatic rings. The van der Waals surface area contributed by atoms with Crippen molar-refractivity contribution >= 4 is 11.6 Å². The monoisotopic (exact) mass is 299 g/mol. The van der Waals surface area contributed by atoms with Crippen LogP contribution in [-0.2, 0) is 17.9 Å². The van der Waals surface area contributed by atoms with Crippen LogP contribution in [-0.4, -0.2) is 38.7 Å². The molecule has 0 saturated carbocycles. The van der Waals surface area contributed by atoms with Gasteiger partial charge in [-0.15, -0.1) is 10.2 Å². The van der Waals surface area contributed by atoms with Crippen LogP contribution >= 0.6 is 0 Å². The summed E-state index contributed by atoms with van der Waals surface area (Å²) >= 11 is 0. The van der Waals surface area contributed by atoms with Gasteiger partial charge in [-0.25, -0.2) is 0 Å². The van der Waals surface area contributed by atoms with E-state index >= 15 is 0 Å². The molecule has 0 bridgehead atoms. The molecule has 6 nitrogen and oxygen atoms in total. The highest BCUT2D eigenvalue weighted by Crippen LogP contribution is 2.16. The van der Waals surface area contributed by atoms with Gasteiger partial charge in [0.2, 0.25) is 5.91 Å². The number of hydrogen-bond donors (Lipinski definition) is 1. The molecule has 22 heavy (non-hydrogen) atoms. The number of amides is 1. The van der Waals surface area contributed by atoms with Crippen LogP contribution in [0.1, 0.15) is 24.8 Å². The number of nitrogens with one attached hydrogen (secondary N) is 1. The first kappa shape index (κ1) is 14.7. The largest absolute Gasteiger partial charge is 0.326 e. The third-order valence-corrected chi connectivity index (χ3v) is 3.88. The minimum absolute atomic E-state index is 0.00650. The Hall–Kier alpha value is -2.21. The molecule has 1 N–H and O–H groups in total. The minimum atomic E-state index is 0.00650. The van der Waals surface area contributed by atoms with Gasteiger partial charge in [-0.1, -0.05) is 12.1 Å². The maximum atomic E-state index is 12.0. The lowest BCUT2D eigenvalue weighted by molar-refractivity contribution is -0.116. The number of anilines is 1. The Morgan fingerprint density at radius 2 is 1.95 bits per heavy atom. The molecule has 0 spiro atoms. The van der Waals surface area contributed by atoms with E-state index < -0.39 is 0 Å². The molecule has 2 heterocycles. The molecular formula is C16H21N5O. The molecule has 1 fully saturated rings. The van der Waals surface area contributed by atoms with Gasteiger partial charge in [0.25, 0.3) is 0 Å². The van der Waals surface area contributed by atoms with Crippen LogP contribution in [0.4, 0.5) is 5.69 Å². The molecule has 6 heteroatoms. The van der Waals surface area contributed by atoms with E-state index in [1.54, 1.807) is 17.2 Å². The Balaban J connectivity index is 1.51. The quantitative estimate of drug-likeness (QED) is 0.885. The van der Waals surface area contributed by atoms with Crippen LogP contribution in [0.5, 0.6) is 0 Å². The van der Waals surface area contributed by atoms with Crippen LogP contribution < -0.4 is 5.32 Å². The minimum Gasteiger partial charge on any atom is -0.326 e. The maximum Gasteiger partial charge on any atom is 0.226 e. The van der Waals surface area contributed by atoms with Crippen molar-refractivity contribution in [3.63, 3.8) is 0 Å². The van der Waals surface area contributed by atoms with Crippen LogP contribution in [0, 0.1) is 0 Å². The van der Waals surface area contributed by atoms with Gasteiger partial charge >= 0.3 is 0 Å². The topological polar surface area (TPSA) is 63.1 Å². The molecular weight excluding hydrogens is 278 g/mol. The van der Waals surface area contributed by atoms with Gasteiger partial charge in [-0.3, -0.25) is 9.69 Å². The lowest BCUT2D eigenvalue weighted by atomic mass is 10.2. The molecule has 0 radical (unpaired) electrons. The molecule has 0 unspecified atom stereocenters. The second-order valence-electron chi connectivity index (χ2n) is 5.68. The van der Waals surface area contributed by atoms with Gasteiger partial charge in [-0.05, 0) is 43.6 Å². The summed E-state index contributed by atoms with van der Waals surface area (Å²) in [5, 5.41) is 10.4. The normalized spacial score (nSPS) is 15.1. The molecule has 2 aromatic rings. The van der Waals surface area contributed by atoms with E-state index in [1.165, 1.54) is 31.5 Å². The van der Waals surface area contributed by atoms with Crippen molar-refractivity contribution in [1.82, 2.24) is 19.7 Å². The van der Waals surface area contributed by atoms with E-state index in [9.17, 15) is 4.79 Å². The smallest absolute Gasteiger partial charge is 0.226 e. The summed E-state index contributed by atoms with van der Waals surface area (Å²) in [5.41, 5.74) is 2.11. The third-order valence-electron chi connectivity index (χ3n) is 3.88. The molecule has 0 atom stereocenters. The zero-order valence-corrected chi connectivity index (χ0v) is 12.6. The number of nitrogens with zero attached hydrogens (tertiary/aromatic N) is 4. The van der Waals surface area contributed by atoms with E-state index in [-0.39, 0.29) is 5.91 Å². The number of hydrogen-bond acceptors (Lipinski definition) is 4. The molecule has 3 rings (SSSR count). The van der Waals surface area contributed by atoms with Gasteiger partial charge in [0.15, 0.2) is 0 Å². The van der Waals surface area contributed by atoms with Crippen molar-refractivity contribution in [2.75, 3.05) is 18.4 Å². The van der Waals surface area contributed by atoms with Crippen molar-refractivity contribution in [2.45, 2.75) is 32.4 Å². The molecule has 0 aliphatic carbocycles. The second kappa shape index (κ2) is 7.17. The fraction of sp³-hybridized carbons (Fsp3) is 0.438. The van der Waals surface area contributed by atoms with Crippen molar-refractivity contribution in [3.05, 3.63) is 42.5 Å². The molecule has 1 saturated heterocycles. The highest BCUT2D eigenvalue weighted by atomic mass is 16.1. The standard InChI is InChI=1S/C16H21N5O/c22-16(6-9-21-12-17-18-13-21)19-15-5-3-4-14(10-15)11-20-7-1-2-8-20/h3-5,10,12-13H,1-2,6-9,11H2,(H,19,22). The molecule has 1 aromatic carbocycles. The average Bonchev–Trinajstić information content (AvgIpc) is 3.19. The summed E-state index contributed by atoms with van der Waals surface area (Å²) in [7, 11) is 0. The molecule has 116 valence electrons. The summed E-state index contributed by atoms with van der Waals surface area (Å²) < 4.78 is 1.80. The van der Waals surface area contributed by atoms with Crippen LogP contribution in [0.2, 0.25) is 0 Å². The fourth-order valence-corrected chi connectivity index (χ4v) is 2.74. The second-order valence-corrected chi connectivity index (χ2v) is 5.68. The SMILES string of the molecule is O=C(CCn1cnnc1)Nc1cccc(CN2CCCC2)c1. The van der Waals surface area contributed by atoms with E-state index in [0.717, 1.165) is 12.2 Å². The van der Waals surface area contributed by atoms with E-state index in [4.69, 9.17) is 0 Å². The predicted molar refractivity (Wildman–Crippen MR) is 84.2 cm³/mol. The van der Waals surface area contributed by atoms with Crippen LogP contribution in [0.15, 0.2) is 36.9 Å². The lowest BCUT2D eigenvalue weighted by Gasteiger charge is -2.15. The summed E-state index contributed by atoms with van der Waals surface area (Å²) in [5.74, 6) is 0.00650. The van der Waals surface area contributed by atoms with Gasteiger partial charge in [0, 0.05) is 25.2 Å². The molecule has 1 aliphatic heterocycles. The number of aromatic nitrogens is 3. The maximum absolute atomic E-state index is 12.0. The summed E-state index contributed by atoms with van der Waals surface area (Å²) in [6, 6.07) is 8.12. The lowest BCUT2D eigenvalue weighted by Crippen LogP contribution is -2.18. The van der Waals surface area contributed by atoms with Gasteiger partial charge in [-0.2, -0.15) is 0 Å². The van der Waals surface area contributed by atoms with E-state index in [2.05, 4.69) is 32.5 Å². The first-order valence-corrected chi connectivity index (χ1v) is 7.73. The number of likely N-dealkylation sites (tertiary alicyclic amines) is 1. The number of carbonyl (C=O) groups is 1. The van der Waals surface area contributed by atoms with E-state index in [1.807, 2.05) is 12.1 Å². The zero-order chi connectivity index (χ0) is 15.2. The van der Waals surface area contributed by atoms with Crippen molar-refractivity contribution < 1.29 is 4.79 Å². The molecule has 1 aromatic heterocycles. The average molecular weight is 299 g/mol. The van der Waals surface area contributed by atoms with Gasteiger partial charge < -0.3 is 9.88 Å². The van der Waals surface area contributed by atoms with Crippen molar-refractivity contribution in [3.8, 4) is 0 Å². The Bertz CT molecular complexity index is 605. The van der Waals surface area contributed by atoms with E-state index in [0.29, 0.717) is 13.0 Å². The third kappa shape index (κ3) is 4.14. The number of aryl methyl sites for hydroxylation is 1. The van der Waals surface area contributed by atoms with Gasteiger partial charge in [0.05, 0.1) is 0 Å². The summed E-state index contributed by atoms with van der Waals surface area (Å²) in [4.78, 5) is 14.4. The number of benzene rings is 1. The Morgan fingerprint density at radius 1 is 1.18 bits per heavy atom. The van der Waals surface area contributed by atoms with Crippen molar-refractivity contribution in [1.29, 1.82) is 0 Å². The van der Waals surface area contributed by atoms with Crippen LogP contribution in [0.3, 0.4) is 0 Å². The Morgan fingerprint density at radius 3 is 2.73 bits per heavy atom.